The highest BCUT2D eigenvalue weighted by atomic mass is 31.2. The molecule has 8 N–H and O–H groups in total. The highest BCUT2D eigenvalue weighted by Gasteiger charge is 2.68. The Hall–Kier alpha value is -5.45. The second-order valence-electron chi connectivity index (χ2n) is 14.1. The van der Waals surface area contributed by atoms with Crippen molar-refractivity contribution in [1.82, 2.24) is 0 Å². The first-order valence-electron chi connectivity index (χ1n) is 18.4. The Morgan fingerprint density at radius 1 is 0.712 bits per heavy atom. The minimum Gasteiger partial charge on any atom is -0.489 e. The van der Waals surface area contributed by atoms with E-state index in [1.807, 2.05) is 78.9 Å². The van der Waals surface area contributed by atoms with Gasteiger partial charge in [0.2, 0.25) is 5.91 Å². The monoisotopic (exact) mass is 829 g/mol. The number of carboxylic acid groups (broad SMARTS) is 1. The summed E-state index contributed by atoms with van der Waals surface area (Å²) in [4.78, 5) is 34.3. The molecule has 0 bridgehead atoms. The molecule has 310 valence electrons. The summed E-state index contributed by atoms with van der Waals surface area (Å²) < 4.78 is 40.4. The van der Waals surface area contributed by atoms with E-state index in [2.05, 4.69) is 24.3 Å². The average molecular weight is 830 g/mol. The highest BCUT2D eigenvalue weighted by Crippen LogP contribution is 2.60. The third-order valence-electron chi connectivity index (χ3n) is 9.73. The van der Waals surface area contributed by atoms with Crippen LogP contribution in [0.15, 0.2) is 127 Å². The van der Waals surface area contributed by atoms with E-state index < -0.39 is 61.6 Å². The number of carbonyl (C=O) groups excluding carboxylic acids is 1. The second-order valence-corrected chi connectivity index (χ2v) is 16.1. The maximum atomic E-state index is 13.1. The van der Waals surface area contributed by atoms with Crippen LogP contribution in [0, 0.1) is 0 Å². The van der Waals surface area contributed by atoms with Crippen molar-refractivity contribution in [3.8, 4) is 33.8 Å². The summed E-state index contributed by atoms with van der Waals surface area (Å²) in [6.45, 7) is -0.0360. The lowest BCUT2D eigenvalue weighted by molar-refractivity contribution is -0.329. The summed E-state index contributed by atoms with van der Waals surface area (Å²) in [6.07, 6.45) is -9.25. The van der Waals surface area contributed by atoms with E-state index in [9.17, 15) is 44.6 Å². The van der Waals surface area contributed by atoms with Crippen LogP contribution >= 0.6 is 7.60 Å². The standard InChI is InChI=1S/C43H44NO14P/c1-42(50)37(45)38(46)43(51,58-39(42)40(44)47)59(52,53)57-26-36(41(48)49)56-25-29-11-7-17-34(21-29)54-23-28-10-6-15-32(20-28)33-16-8-18-35(22-33)55-24-27-9-5-14-31(19-27)30-12-3-2-4-13-30/h2-22,36-39,45-46,50-51H,23-26H2,1H3,(H2,44,47)(H,48,49)(H,52,53)/t36-,37-,38-,39-,42+,43-/m1/s1. The molecule has 15 nitrogen and oxygen atoms in total. The molecule has 0 radical (unpaired) electrons. The van der Waals surface area contributed by atoms with Crippen LogP contribution in [-0.4, -0.2) is 84.5 Å². The molecule has 6 rings (SSSR count). The maximum Gasteiger partial charge on any atom is 0.390 e. The van der Waals surface area contributed by atoms with Gasteiger partial charge in [-0.25, -0.2) is 4.79 Å². The number of hydrogen-bond acceptors (Lipinski definition) is 12. The Bertz CT molecular complexity index is 2310. The van der Waals surface area contributed by atoms with Crippen molar-refractivity contribution in [3.05, 3.63) is 144 Å². The van der Waals surface area contributed by atoms with Crippen LogP contribution in [0.25, 0.3) is 22.3 Å². The van der Waals surface area contributed by atoms with E-state index in [0.29, 0.717) is 17.9 Å². The number of aliphatic hydroxyl groups excluding tert-OH is 2. The molecule has 1 unspecified atom stereocenters. The van der Waals surface area contributed by atoms with Crippen LogP contribution in [0.3, 0.4) is 0 Å². The van der Waals surface area contributed by atoms with Crippen molar-refractivity contribution in [1.29, 1.82) is 0 Å². The molecule has 0 aliphatic carbocycles. The highest BCUT2D eigenvalue weighted by molar-refractivity contribution is 7.54. The molecule has 1 aliphatic rings. The molecule has 0 spiro atoms. The summed E-state index contributed by atoms with van der Waals surface area (Å²) in [5, 5.41) is 51.6. The number of rotatable bonds is 17. The molecule has 5 aromatic carbocycles. The average Bonchev–Trinajstić information content (AvgIpc) is 3.23. The van der Waals surface area contributed by atoms with Crippen LogP contribution in [0.1, 0.15) is 23.6 Å². The molecular formula is C43H44NO14P. The van der Waals surface area contributed by atoms with E-state index >= 15 is 0 Å². The van der Waals surface area contributed by atoms with Gasteiger partial charge in [-0.1, -0.05) is 91.0 Å². The predicted molar refractivity (Wildman–Crippen MR) is 213 cm³/mol. The quantitative estimate of drug-likeness (QED) is 0.0645. The summed E-state index contributed by atoms with van der Waals surface area (Å²) in [6, 6.07) is 40.6. The van der Waals surface area contributed by atoms with E-state index in [-0.39, 0.29) is 13.2 Å². The molecule has 16 heteroatoms. The van der Waals surface area contributed by atoms with Crippen molar-refractivity contribution < 1.29 is 68.1 Å². The predicted octanol–water partition coefficient (Wildman–Crippen LogP) is 4.35. The van der Waals surface area contributed by atoms with Gasteiger partial charge in [-0.3, -0.25) is 9.36 Å². The smallest absolute Gasteiger partial charge is 0.390 e. The molecule has 0 aromatic heterocycles. The summed E-state index contributed by atoms with van der Waals surface area (Å²) in [5.41, 5.74) is 5.43. The number of aliphatic hydroxyl groups is 4. The van der Waals surface area contributed by atoms with Crippen molar-refractivity contribution in [2.45, 2.75) is 62.3 Å². The molecule has 0 saturated carbocycles. The number of benzene rings is 5. The van der Waals surface area contributed by atoms with E-state index in [0.717, 1.165) is 46.1 Å². The molecule has 1 saturated heterocycles. The van der Waals surface area contributed by atoms with Gasteiger partial charge < -0.3 is 59.6 Å². The van der Waals surface area contributed by atoms with Gasteiger partial charge in [0.1, 0.15) is 42.5 Å². The van der Waals surface area contributed by atoms with Crippen molar-refractivity contribution >= 4 is 19.5 Å². The zero-order valence-electron chi connectivity index (χ0n) is 31.7. The summed E-state index contributed by atoms with van der Waals surface area (Å²) in [5.74, 6) is -1.90. The van der Waals surface area contributed by atoms with Crippen LogP contribution in [-0.2, 0) is 48.0 Å². The van der Waals surface area contributed by atoms with Gasteiger partial charge in [-0.05, 0) is 82.3 Å². The number of amides is 1. The van der Waals surface area contributed by atoms with Gasteiger partial charge in [0, 0.05) is 0 Å². The van der Waals surface area contributed by atoms with Gasteiger partial charge in [-0.2, -0.15) is 0 Å². The first-order valence-corrected chi connectivity index (χ1v) is 19.9. The fourth-order valence-corrected chi connectivity index (χ4v) is 7.64. The number of carboxylic acids is 1. The van der Waals surface area contributed by atoms with Gasteiger partial charge in [0.15, 0.2) is 12.2 Å². The Morgan fingerprint density at radius 3 is 1.78 bits per heavy atom. The molecule has 59 heavy (non-hydrogen) atoms. The number of carbonyl (C=O) groups is 2. The van der Waals surface area contributed by atoms with Crippen LogP contribution in [0.5, 0.6) is 11.5 Å². The zero-order chi connectivity index (χ0) is 42.4. The lowest BCUT2D eigenvalue weighted by atomic mass is 9.85. The normalized spacial score (nSPS) is 23.1. The number of hydrogen-bond donors (Lipinski definition) is 7. The lowest BCUT2D eigenvalue weighted by Crippen LogP contribution is -2.71. The number of primary amides is 1. The largest absolute Gasteiger partial charge is 0.489 e. The van der Waals surface area contributed by atoms with Gasteiger partial charge in [0.25, 0.3) is 0 Å². The van der Waals surface area contributed by atoms with Crippen LogP contribution in [0.4, 0.5) is 0 Å². The maximum absolute atomic E-state index is 13.1. The van der Waals surface area contributed by atoms with Crippen LogP contribution in [0.2, 0.25) is 0 Å². The fourth-order valence-electron chi connectivity index (χ4n) is 6.41. The Labute approximate surface area is 339 Å². The molecule has 5 aromatic rings. The minimum absolute atomic E-state index is 0.195. The topological polar surface area (TPSA) is 245 Å². The molecule has 7 atom stereocenters. The first kappa shape index (κ1) is 43.1. The molecule has 1 heterocycles. The Kier molecular flexibility index (Phi) is 13.3. The third kappa shape index (κ3) is 10.1. The number of ether oxygens (including phenoxy) is 4. The van der Waals surface area contributed by atoms with Crippen molar-refractivity contribution in [2.24, 2.45) is 5.73 Å². The SMILES string of the molecule is C[C@@]1(O)[C@@H](C(N)=O)O[C@@](O)(P(=O)(O)OC[C@@H](OCc2cccc(OCc3cccc(-c4cccc(OCc5cccc(-c6ccccc6)c5)c4)c3)c2)C(=O)O)[C@H](O)[C@H]1O. The van der Waals surface area contributed by atoms with Gasteiger partial charge in [0.05, 0.1) is 13.2 Å². The van der Waals surface area contributed by atoms with Gasteiger partial charge in [-0.15, -0.1) is 0 Å². The van der Waals surface area contributed by atoms with E-state index in [1.54, 1.807) is 24.3 Å². The summed E-state index contributed by atoms with van der Waals surface area (Å²) >= 11 is 0. The second kappa shape index (κ2) is 18.2. The fraction of sp³-hybridized carbons (Fsp3) is 0.256. The number of nitrogens with two attached hydrogens (primary N) is 1. The zero-order valence-corrected chi connectivity index (χ0v) is 32.6. The molecule has 1 fully saturated rings. The molecule has 1 aliphatic heterocycles. The lowest BCUT2D eigenvalue weighted by Gasteiger charge is -2.49. The van der Waals surface area contributed by atoms with Crippen molar-refractivity contribution in [3.63, 3.8) is 0 Å². The minimum atomic E-state index is -5.66. The van der Waals surface area contributed by atoms with E-state index in [1.165, 1.54) is 0 Å². The van der Waals surface area contributed by atoms with Crippen molar-refractivity contribution in [2.75, 3.05) is 6.61 Å². The summed E-state index contributed by atoms with van der Waals surface area (Å²) in [7, 11) is -5.66. The number of aliphatic carboxylic acids is 1. The Morgan fingerprint density at radius 2 is 1.20 bits per heavy atom. The Balaban J connectivity index is 1.03. The molecular weight excluding hydrogens is 785 g/mol. The van der Waals surface area contributed by atoms with Gasteiger partial charge >= 0.3 is 19.1 Å². The molecule has 1 amide bonds. The van der Waals surface area contributed by atoms with Crippen LogP contribution < -0.4 is 15.2 Å². The third-order valence-corrected chi connectivity index (χ3v) is 11.4. The van der Waals surface area contributed by atoms with E-state index in [4.69, 9.17) is 29.2 Å². The first-order chi connectivity index (χ1) is 28.1.